The number of nitrogens with zero attached hydrogens (tertiary/aromatic N) is 2. The van der Waals surface area contributed by atoms with Crippen molar-refractivity contribution in [3.8, 4) is 5.75 Å². The normalized spacial score (nSPS) is 10.9. The van der Waals surface area contributed by atoms with E-state index in [1.165, 1.54) is 0 Å². The van der Waals surface area contributed by atoms with Gasteiger partial charge in [-0.1, -0.05) is 36.4 Å². The number of aryl methyl sites for hydroxylation is 1. The molecule has 0 aliphatic rings. The molecule has 3 aromatic rings. The van der Waals surface area contributed by atoms with Gasteiger partial charge in [0.15, 0.2) is 0 Å². The number of hydrogen-bond acceptors (Lipinski definition) is 3. The van der Waals surface area contributed by atoms with Crippen molar-refractivity contribution in [1.29, 1.82) is 0 Å². The molecule has 0 atom stereocenters. The molecule has 0 saturated heterocycles. The topological polar surface area (TPSA) is 53.1 Å². The maximum Gasteiger partial charge on any atom is 0.133 e. The van der Waals surface area contributed by atoms with Crippen molar-refractivity contribution >= 4 is 10.9 Å². The van der Waals surface area contributed by atoms with Gasteiger partial charge in [-0.25, -0.2) is 0 Å². The van der Waals surface area contributed by atoms with Crippen LogP contribution in [-0.2, 0) is 20.2 Å². The fraction of sp³-hybridized carbons (Fsp3) is 0.188. The van der Waals surface area contributed by atoms with Crippen LogP contribution in [0.3, 0.4) is 0 Å². The Labute approximate surface area is 117 Å². The van der Waals surface area contributed by atoms with E-state index in [4.69, 9.17) is 10.5 Å². The molecule has 0 spiro atoms. The van der Waals surface area contributed by atoms with Gasteiger partial charge in [0.05, 0.1) is 5.52 Å². The summed E-state index contributed by atoms with van der Waals surface area (Å²) < 4.78 is 7.76. The van der Waals surface area contributed by atoms with E-state index in [1.54, 1.807) is 0 Å². The van der Waals surface area contributed by atoms with Crippen LogP contribution >= 0.6 is 0 Å². The van der Waals surface area contributed by atoms with Crippen molar-refractivity contribution in [2.75, 3.05) is 0 Å². The molecule has 0 aliphatic heterocycles. The molecule has 0 fully saturated rings. The summed E-state index contributed by atoms with van der Waals surface area (Å²) in [4.78, 5) is 0. The minimum atomic E-state index is 0.443. The van der Waals surface area contributed by atoms with Crippen LogP contribution < -0.4 is 10.5 Å². The third-order valence-electron chi connectivity index (χ3n) is 3.39. The Kier molecular flexibility index (Phi) is 3.39. The van der Waals surface area contributed by atoms with Crippen LogP contribution in [0.25, 0.3) is 10.9 Å². The van der Waals surface area contributed by atoms with E-state index in [0.717, 1.165) is 27.9 Å². The first-order valence-electron chi connectivity index (χ1n) is 6.61. The Morgan fingerprint density at radius 3 is 2.70 bits per heavy atom. The van der Waals surface area contributed by atoms with E-state index in [-0.39, 0.29) is 0 Å². The second-order valence-electron chi connectivity index (χ2n) is 4.69. The number of hydrogen-bond donors (Lipinski definition) is 1. The van der Waals surface area contributed by atoms with E-state index < -0.39 is 0 Å². The maximum absolute atomic E-state index is 5.88. The number of ether oxygens (including phenoxy) is 1. The van der Waals surface area contributed by atoms with Gasteiger partial charge in [-0.2, -0.15) is 5.10 Å². The van der Waals surface area contributed by atoms with Crippen molar-refractivity contribution in [2.24, 2.45) is 12.8 Å². The summed E-state index contributed by atoms with van der Waals surface area (Å²) in [6, 6.07) is 16.0. The molecule has 3 rings (SSSR count). The first-order chi connectivity index (χ1) is 9.79. The molecule has 0 aliphatic carbocycles. The SMILES string of the molecule is Cn1nc(COc2ccccc2CN)c2ccccc21. The number of fused-ring (bicyclic) bond motifs is 1. The summed E-state index contributed by atoms with van der Waals surface area (Å²) in [6.07, 6.45) is 0. The molecule has 0 saturated carbocycles. The molecule has 102 valence electrons. The largest absolute Gasteiger partial charge is 0.487 e. The fourth-order valence-electron chi connectivity index (χ4n) is 2.35. The molecule has 0 radical (unpaired) electrons. The van der Waals surface area contributed by atoms with Gasteiger partial charge in [-0.15, -0.1) is 0 Å². The first-order valence-corrected chi connectivity index (χ1v) is 6.61. The highest BCUT2D eigenvalue weighted by molar-refractivity contribution is 5.81. The minimum Gasteiger partial charge on any atom is -0.487 e. The van der Waals surface area contributed by atoms with Gasteiger partial charge >= 0.3 is 0 Å². The monoisotopic (exact) mass is 267 g/mol. The molecular formula is C16H17N3O. The number of nitrogens with two attached hydrogens (primary N) is 1. The Hall–Kier alpha value is -2.33. The number of para-hydroxylation sites is 2. The van der Waals surface area contributed by atoms with Gasteiger partial charge < -0.3 is 10.5 Å². The molecular weight excluding hydrogens is 250 g/mol. The second kappa shape index (κ2) is 5.35. The standard InChI is InChI=1S/C16H17N3O/c1-19-15-8-4-3-7-13(15)14(18-19)11-20-16-9-5-2-6-12(16)10-17/h2-9H,10-11,17H2,1H3. The Morgan fingerprint density at radius 1 is 1.10 bits per heavy atom. The van der Waals surface area contributed by atoms with Crippen LogP contribution in [0.5, 0.6) is 5.75 Å². The van der Waals surface area contributed by atoms with Crippen molar-refractivity contribution in [1.82, 2.24) is 9.78 Å². The minimum absolute atomic E-state index is 0.443. The summed E-state index contributed by atoms with van der Waals surface area (Å²) in [5, 5.41) is 5.65. The van der Waals surface area contributed by atoms with E-state index in [2.05, 4.69) is 17.2 Å². The third-order valence-corrected chi connectivity index (χ3v) is 3.39. The zero-order valence-electron chi connectivity index (χ0n) is 11.4. The lowest BCUT2D eigenvalue weighted by Crippen LogP contribution is -2.03. The summed E-state index contributed by atoms with van der Waals surface area (Å²) in [5.41, 5.74) is 8.77. The molecule has 0 unspecified atom stereocenters. The zero-order chi connectivity index (χ0) is 13.9. The van der Waals surface area contributed by atoms with Crippen molar-refractivity contribution in [3.63, 3.8) is 0 Å². The Bertz CT molecular complexity index is 733. The van der Waals surface area contributed by atoms with Crippen LogP contribution in [0.2, 0.25) is 0 Å². The summed E-state index contributed by atoms with van der Waals surface area (Å²) >= 11 is 0. The molecule has 4 heteroatoms. The van der Waals surface area contributed by atoms with Crippen LogP contribution in [0, 0.1) is 0 Å². The lowest BCUT2D eigenvalue weighted by atomic mass is 10.2. The average molecular weight is 267 g/mol. The highest BCUT2D eigenvalue weighted by Gasteiger charge is 2.09. The van der Waals surface area contributed by atoms with Gasteiger partial charge in [0.2, 0.25) is 0 Å². The second-order valence-corrected chi connectivity index (χ2v) is 4.69. The third kappa shape index (κ3) is 2.26. The van der Waals surface area contributed by atoms with E-state index in [9.17, 15) is 0 Å². The highest BCUT2D eigenvalue weighted by Crippen LogP contribution is 2.22. The number of rotatable bonds is 4. The van der Waals surface area contributed by atoms with Gasteiger partial charge in [0.25, 0.3) is 0 Å². The molecule has 0 amide bonds. The fourth-order valence-corrected chi connectivity index (χ4v) is 2.35. The van der Waals surface area contributed by atoms with E-state index >= 15 is 0 Å². The lowest BCUT2D eigenvalue weighted by molar-refractivity contribution is 0.298. The van der Waals surface area contributed by atoms with Crippen LogP contribution in [-0.4, -0.2) is 9.78 Å². The summed E-state index contributed by atoms with van der Waals surface area (Å²) in [6.45, 7) is 0.914. The lowest BCUT2D eigenvalue weighted by Gasteiger charge is -2.08. The van der Waals surface area contributed by atoms with Gasteiger partial charge in [0, 0.05) is 24.5 Å². The summed E-state index contributed by atoms with van der Waals surface area (Å²) in [7, 11) is 1.94. The first kappa shape index (κ1) is 12.7. The Morgan fingerprint density at radius 2 is 1.85 bits per heavy atom. The maximum atomic E-state index is 5.88. The van der Waals surface area contributed by atoms with Crippen molar-refractivity contribution in [2.45, 2.75) is 13.2 Å². The molecule has 20 heavy (non-hydrogen) atoms. The van der Waals surface area contributed by atoms with Crippen LogP contribution in [0.4, 0.5) is 0 Å². The average Bonchev–Trinajstić information content (AvgIpc) is 2.82. The molecule has 1 heterocycles. The molecule has 2 aromatic carbocycles. The number of aromatic nitrogens is 2. The van der Waals surface area contributed by atoms with Crippen molar-refractivity contribution < 1.29 is 4.74 Å². The predicted octanol–water partition coefficient (Wildman–Crippen LogP) is 2.61. The van der Waals surface area contributed by atoms with E-state index in [1.807, 2.05) is 48.1 Å². The van der Waals surface area contributed by atoms with E-state index in [0.29, 0.717) is 13.2 Å². The van der Waals surface area contributed by atoms with Gasteiger partial charge in [0.1, 0.15) is 18.1 Å². The zero-order valence-corrected chi connectivity index (χ0v) is 11.4. The number of benzene rings is 2. The predicted molar refractivity (Wildman–Crippen MR) is 79.4 cm³/mol. The Balaban J connectivity index is 1.87. The summed E-state index contributed by atoms with van der Waals surface area (Å²) in [5.74, 6) is 0.824. The van der Waals surface area contributed by atoms with Gasteiger partial charge in [-0.3, -0.25) is 4.68 Å². The molecule has 1 aromatic heterocycles. The van der Waals surface area contributed by atoms with Crippen molar-refractivity contribution in [3.05, 3.63) is 59.8 Å². The van der Waals surface area contributed by atoms with Gasteiger partial charge in [-0.05, 0) is 12.1 Å². The molecule has 0 bridgehead atoms. The quantitative estimate of drug-likeness (QED) is 0.790. The highest BCUT2D eigenvalue weighted by atomic mass is 16.5. The molecule has 4 nitrogen and oxygen atoms in total. The molecule has 2 N–H and O–H groups in total. The van der Waals surface area contributed by atoms with Crippen LogP contribution in [0.1, 0.15) is 11.3 Å². The van der Waals surface area contributed by atoms with Crippen LogP contribution in [0.15, 0.2) is 48.5 Å². The smallest absolute Gasteiger partial charge is 0.133 e.